The van der Waals surface area contributed by atoms with Gasteiger partial charge < -0.3 is 10.4 Å². The SMILES string of the molecule is [O-][n+]1ccccc1-c1cccc(-c2cccc[n+]2[O-])n1. The molecule has 0 amide bonds. The minimum Gasteiger partial charge on any atom is -0.618 e. The van der Waals surface area contributed by atoms with Crippen LogP contribution in [0.5, 0.6) is 0 Å². The topological polar surface area (TPSA) is 66.8 Å². The van der Waals surface area contributed by atoms with Gasteiger partial charge in [0.2, 0.25) is 11.4 Å². The smallest absolute Gasteiger partial charge is 0.242 e. The summed E-state index contributed by atoms with van der Waals surface area (Å²) < 4.78 is 1.50. The standard InChI is InChI=1S/C15H11N3O2/c19-17-10-3-1-8-14(17)12-6-5-7-13(16-12)15-9-2-4-11-18(15)20/h1-11H. The number of hydrogen-bond donors (Lipinski definition) is 0. The van der Waals surface area contributed by atoms with Crippen molar-refractivity contribution in [2.24, 2.45) is 0 Å². The van der Waals surface area contributed by atoms with Crippen molar-refractivity contribution in [2.75, 3.05) is 0 Å². The van der Waals surface area contributed by atoms with E-state index in [1.165, 1.54) is 12.4 Å². The molecule has 0 fully saturated rings. The molecule has 3 rings (SSSR count). The van der Waals surface area contributed by atoms with Gasteiger partial charge in [-0.1, -0.05) is 6.07 Å². The monoisotopic (exact) mass is 265 g/mol. The van der Waals surface area contributed by atoms with Gasteiger partial charge in [-0.3, -0.25) is 0 Å². The van der Waals surface area contributed by atoms with E-state index in [1.807, 2.05) is 0 Å². The Kier molecular flexibility index (Phi) is 3.01. The lowest BCUT2D eigenvalue weighted by molar-refractivity contribution is -0.594. The second-order valence-electron chi connectivity index (χ2n) is 4.23. The molecular weight excluding hydrogens is 254 g/mol. The predicted octanol–water partition coefficient (Wildman–Crippen LogP) is 1.68. The minimum atomic E-state index is 0.447. The molecule has 0 atom stereocenters. The van der Waals surface area contributed by atoms with Crippen molar-refractivity contribution in [1.82, 2.24) is 4.98 Å². The second-order valence-corrected chi connectivity index (χ2v) is 4.23. The molecule has 0 radical (unpaired) electrons. The maximum absolute atomic E-state index is 11.7. The highest BCUT2D eigenvalue weighted by Gasteiger charge is 2.13. The Labute approximate surface area is 115 Å². The molecule has 20 heavy (non-hydrogen) atoms. The quantitative estimate of drug-likeness (QED) is 0.523. The fourth-order valence-corrected chi connectivity index (χ4v) is 1.97. The molecule has 5 heteroatoms. The van der Waals surface area contributed by atoms with Crippen LogP contribution in [0.4, 0.5) is 0 Å². The van der Waals surface area contributed by atoms with Crippen molar-refractivity contribution in [3.05, 3.63) is 77.4 Å². The average molecular weight is 265 g/mol. The van der Waals surface area contributed by atoms with Crippen LogP contribution in [0.25, 0.3) is 22.8 Å². The van der Waals surface area contributed by atoms with Crippen LogP contribution in [0, 0.1) is 10.4 Å². The van der Waals surface area contributed by atoms with E-state index in [0.29, 0.717) is 22.8 Å². The first kappa shape index (κ1) is 12.1. The lowest BCUT2D eigenvalue weighted by Gasteiger charge is -2.06. The highest BCUT2D eigenvalue weighted by molar-refractivity contribution is 5.58. The Balaban J connectivity index is 2.12. The number of hydrogen-bond acceptors (Lipinski definition) is 3. The Morgan fingerprint density at radius 1 is 0.650 bits per heavy atom. The van der Waals surface area contributed by atoms with E-state index < -0.39 is 0 Å². The van der Waals surface area contributed by atoms with Gasteiger partial charge in [0.15, 0.2) is 12.4 Å². The summed E-state index contributed by atoms with van der Waals surface area (Å²) in [5.41, 5.74) is 1.95. The fourth-order valence-electron chi connectivity index (χ4n) is 1.97. The van der Waals surface area contributed by atoms with Crippen LogP contribution in [0.3, 0.4) is 0 Å². The van der Waals surface area contributed by atoms with Gasteiger partial charge in [-0.05, 0) is 24.3 Å². The first-order valence-electron chi connectivity index (χ1n) is 6.10. The zero-order valence-corrected chi connectivity index (χ0v) is 10.5. The molecule has 98 valence electrons. The lowest BCUT2D eigenvalue weighted by atomic mass is 10.2. The molecule has 0 aromatic carbocycles. The summed E-state index contributed by atoms with van der Waals surface area (Å²) in [6.07, 6.45) is 2.83. The van der Waals surface area contributed by atoms with E-state index in [0.717, 1.165) is 9.46 Å². The largest absolute Gasteiger partial charge is 0.618 e. The van der Waals surface area contributed by atoms with Gasteiger partial charge in [0, 0.05) is 24.3 Å². The number of pyridine rings is 3. The third-order valence-electron chi connectivity index (χ3n) is 2.92. The van der Waals surface area contributed by atoms with Gasteiger partial charge in [0.05, 0.1) is 0 Å². The van der Waals surface area contributed by atoms with Crippen LogP contribution in [0.2, 0.25) is 0 Å². The van der Waals surface area contributed by atoms with Gasteiger partial charge in [0.1, 0.15) is 11.4 Å². The first-order chi connectivity index (χ1) is 9.75. The zero-order valence-electron chi connectivity index (χ0n) is 10.5. The molecule has 0 aliphatic rings. The summed E-state index contributed by atoms with van der Waals surface area (Å²) in [4.78, 5) is 4.39. The average Bonchev–Trinajstić information content (AvgIpc) is 2.48. The molecule has 0 bridgehead atoms. The van der Waals surface area contributed by atoms with Crippen LogP contribution in [0.15, 0.2) is 67.0 Å². The fraction of sp³-hybridized carbons (Fsp3) is 0. The molecule has 0 saturated carbocycles. The molecule has 0 spiro atoms. The Hall–Kier alpha value is -2.95. The van der Waals surface area contributed by atoms with Gasteiger partial charge in [0.25, 0.3) is 0 Å². The van der Waals surface area contributed by atoms with Crippen LogP contribution in [-0.2, 0) is 0 Å². The molecule has 0 unspecified atom stereocenters. The Morgan fingerprint density at radius 3 is 1.60 bits per heavy atom. The number of nitrogens with zero attached hydrogens (tertiary/aromatic N) is 3. The van der Waals surface area contributed by atoms with Crippen molar-refractivity contribution in [2.45, 2.75) is 0 Å². The summed E-state index contributed by atoms with van der Waals surface area (Å²) >= 11 is 0. The number of aromatic nitrogens is 3. The third-order valence-corrected chi connectivity index (χ3v) is 2.92. The summed E-state index contributed by atoms with van der Waals surface area (Å²) in [6, 6.07) is 15.5. The van der Waals surface area contributed by atoms with Gasteiger partial charge in [-0.15, -0.1) is 0 Å². The van der Waals surface area contributed by atoms with Crippen molar-refractivity contribution in [1.29, 1.82) is 0 Å². The van der Waals surface area contributed by atoms with Gasteiger partial charge in [-0.25, -0.2) is 4.98 Å². The van der Waals surface area contributed by atoms with Gasteiger partial charge >= 0.3 is 0 Å². The van der Waals surface area contributed by atoms with Gasteiger partial charge in [-0.2, -0.15) is 9.46 Å². The van der Waals surface area contributed by atoms with Crippen molar-refractivity contribution >= 4 is 0 Å². The maximum Gasteiger partial charge on any atom is 0.242 e. The Morgan fingerprint density at radius 2 is 1.15 bits per heavy atom. The normalized spacial score (nSPS) is 10.4. The zero-order chi connectivity index (χ0) is 13.9. The highest BCUT2D eigenvalue weighted by Crippen LogP contribution is 2.17. The molecule has 0 aliphatic heterocycles. The molecule has 5 nitrogen and oxygen atoms in total. The van der Waals surface area contributed by atoms with Crippen molar-refractivity contribution in [3.8, 4) is 22.8 Å². The van der Waals surface area contributed by atoms with Crippen LogP contribution >= 0.6 is 0 Å². The van der Waals surface area contributed by atoms with E-state index in [1.54, 1.807) is 54.6 Å². The Bertz CT molecular complexity index is 699. The molecule has 3 heterocycles. The molecule has 3 aromatic rings. The summed E-state index contributed by atoms with van der Waals surface area (Å²) in [5, 5.41) is 23.5. The van der Waals surface area contributed by atoms with E-state index >= 15 is 0 Å². The van der Waals surface area contributed by atoms with Crippen molar-refractivity contribution < 1.29 is 9.46 Å². The first-order valence-corrected chi connectivity index (χ1v) is 6.10. The van der Waals surface area contributed by atoms with E-state index in [9.17, 15) is 10.4 Å². The van der Waals surface area contributed by atoms with Crippen molar-refractivity contribution in [3.63, 3.8) is 0 Å². The number of rotatable bonds is 2. The van der Waals surface area contributed by atoms with Crippen LogP contribution in [0.1, 0.15) is 0 Å². The third kappa shape index (κ3) is 2.16. The van der Waals surface area contributed by atoms with E-state index in [2.05, 4.69) is 4.98 Å². The second kappa shape index (κ2) is 4.97. The summed E-state index contributed by atoms with van der Waals surface area (Å²) in [5.74, 6) is 0. The van der Waals surface area contributed by atoms with Crippen LogP contribution < -0.4 is 9.46 Å². The molecule has 0 N–H and O–H groups in total. The highest BCUT2D eigenvalue weighted by atomic mass is 16.5. The van der Waals surface area contributed by atoms with E-state index in [-0.39, 0.29) is 0 Å². The molecule has 0 aliphatic carbocycles. The molecule has 3 aromatic heterocycles. The lowest BCUT2D eigenvalue weighted by Crippen LogP contribution is -2.29. The summed E-state index contributed by atoms with van der Waals surface area (Å²) in [7, 11) is 0. The van der Waals surface area contributed by atoms with E-state index in [4.69, 9.17) is 0 Å². The van der Waals surface area contributed by atoms with Crippen LogP contribution in [-0.4, -0.2) is 4.98 Å². The maximum atomic E-state index is 11.7. The molecular formula is C15H11N3O2. The minimum absolute atomic E-state index is 0.447. The summed E-state index contributed by atoms with van der Waals surface area (Å²) in [6.45, 7) is 0. The predicted molar refractivity (Wildman–Crippen MR) is 73.0 cm³/mol. The molecule has 0 saturated heterocycles.